The molecule has 0 aliphatic carbocycles. The van der Waals surface area contributed by atoms with Gasteiger partial charge in [-0.05, 0) is 23.8 Å². The van der Waals surface area contributed by atoms with E-state index >= 15 is 0 Å². The number of aliphatic carboxylic acids is 1. The lowest BCUT2D eigenvalue weighted by Gasteiger charge is -2.22. The summed E-state index contributed by atoms with van der Waals surface area (Å²) in [6.45, 7) is 0. The molecule has 0 fully saturated rings. The number of carboxylic acids is 1. The zero-order valence-corrected chi connectivity index (χ0v) is 14.6. The van der Waals surface area contributed by atoms with Crippen molar-refractivity contribution in [2.24, 2.45) is 0 Å². The fraction of sp³-hybridized carbons (Fsp3) is 0.211. The largest absolute Gasteiger partial charge is 0.506 e. The summed E-state index contributed by atoms with van der Waals surface area (Å²) in [5.74, 6) is -0.838. The van der Waals surface area contributed by atoms with Gasteiger partial charge in [0.25, 0.3) is 0 Å². The number of carboxylic acid groups (broad SMARTS) is 1. The first kappa shape index (κ1) is 17.7. The number of hydrogen-bond acceptors (Lipinski definition) is 7. The van der Waals surface area contributed by atoms with Crippen molar-refractivity contribution >= 4 is 17.6 Å². The first-order valence-corrected chi connectivity index (χ1v) is 8.63. The van der Waals surface area contributed by atoms with E-state index in [1.165, 1.54) is 17.2 Å². The summed E-state index contributed by atoms with van der Waals surface area (Å²) >= 11 is 0. The second-order valence-corrected chi connectivity index (χ2v) is 6.36. The van der Waals surface area contributed by atoms with E-state index < -0.39 is 12.0 Å². The molecule has 3 aromatic rings. The molecule has 2 aromatic heterocycles. The van der Waals surface area contributed by atoms with Gasteiger partial charge in [0, 0.05) is 24.9 Å². The molecule has 28 heavy (non-hydrogen) atoms. The molecule has 1 atom stereocenters. The van der Waals surface area contributed by atoms with E-state index in [2.05, 4.69) is 15.1 Å². The second kappa shape index (κ2) is 7.10. The maximum Gasteiger partial charge on any atom is 0.327 e. The molecule has 0 spiro atoms. The Morgan fingerprint density at radius 3 is 2.79 bits per heavy atom. The lowest BCUT2D eigenvalue weighted by Crippen LogP contribution is -2.43. The van der Waals surface area contributed by atoms with Crippen LogP contribution in [0.5, 0.6) is 5.75 Å². The maximum absolute atomic E-state index is 12.7. The van der Waals surface area contributed by atoms with Gasteiger partial charge in [-0.2, -0.15) is 4.98 Å². The lowest BCUT2D eigenvalue weighted by molar-refractivity contribution is -0.139. The third kappa shape index (κ3) is 3.29. The fourth-order valence-electron chi connectivity index (χ4n) is 3.20. The van der Waals surface area contributed by atoms with Gasteiger partial charge in [0.05, 0.1) is 6.20 Å². The molecule has 9 nitrogen and oxygen atoms in total. The number of benzene rings is 1. The van der Waals surface area contributed by atoms with Crippen molar-refractivity contribution in [1.29, 1.82) is 0 Å². The Bertz CT molecular complexity index is 1030. The van der Waals surface area contributed by atoms with Gasteiger partial charge >= 0.3 is 5.97 Å². The van der Waals surface area contributed by atoms with Crippen molar-refractivity contribution in [3.05, 3.63) is 54.0 Å². The standard InChI is InChI=1S/C19H16N4O5/c24-12-5-6-13(20-10-12)18-21-16(28-22-18)7-8-17(25)23-14-4-2-1-3-11(14)9-15(23)19(26)27/h1-6,10,15,24H,7-9H2,(H,26,27). The maximum atomic E-state index is 12.7. The Morgan fingerprint density at radius 2 is 2.04 bits per heavy atom. The van der Waals surface area contributed by atoms with Crippen molar-refractivity contribution in [2.75, 3.05) is 4.90 Å². The van der Waals surface area contributed by atoms with Crippen LogP contribution in [-0.4, -0.2) is 43.3 Å². The number of carbonyl (C=O) groups is 2. The predicted molar refractivity (Wildman–Crippen MR) is 96.6 cm³/mol. The van der Waals surface area contributed by atoms with Crippen LogP contribution in [0.1, 0.15) is 17.9 Å². The number of nitrogens with zero attached hydrogens (tertiary/aromatic N) is 4. The number of hydrogen-bond donors (Lipinski definition) is 2. The summed E-state index contributed by atoms with van der Waals surface area (Å²) in [6, 6.07) is 9.27. The van der Waals surface area contributed by atoms with E-state index in [0.29, 0.717) is 11.4 Å². The Morgan fingerprint density at radius 1 is 1.21 bits per heavy atom. The second-order valence-electron chi connectivity index (χ2n) is 6.36. The van der Waals surface area contributed by atoms with Gasteiger partial charge in [0.15, 0.2) is 0 Å². The minimum Gasteiger partial charge on any atom is -0.506 e. The number of rotatable bonds is 5. The molecule has 142 valence electrons. The van der Waals surface area contributed by atoms with Crippen LogP contribution in [0.3, 0.4) is 0 Å². The molecule has 0 bridgehead atoms. The molecule has 0 saturated heterocycles. The van der Waals surface area contributed by atoms with Gasteiger partial charge < -0.3 is 14.7 Å². The Hall–Kier alpha value is -3.75. The average Bonchev–Trinajstić information content (AvgIpc) is 3.31. The molecular formula is C19H16N4O5. The van der Waals surface area contributed by atoms with Crippen LogP contribution in [0.25, 0.3) is 11.5 Å². The molecule has 1 aromatic carbocycles. The monoisotopic (exact) mass is 380 g/mol. The first-order chi connectivity index (χ1) is 13.5. The molecule has 4 rings (SSSR count). The molecule has 9 heteroatoms. The normalized spacial score (nSPS) is 15.4. The van der Waals surface area contributed by atoms with Gasteiger partial charge in [-0.15, -0.1) is 0 Å². The minimum absolute atomic E-state index is 0.0249. The van der Waals surface area contributed by atoms with Crippen molar-refractivity contribution in [3.63, 3.8) is 0 Å². The number of aryl methyl sites for hydroxylation is 1. The van der Waals surface area contributed by atoms with E-state index in [0.717, 1.165) is 5.56 Å². The number of aromatic hydroxyl groups is 1. The first-order valence-electron chi connectivity index (χ1n) is 8.63. The van der Waals surface area contributed by atoms with Crippen LogP contribution in [0.15, 0.2) is 47.1 Å². The highest BCUT2D eigenvalue weighted by molar-refractivity contribution is 6.01. The van der Waals surface area contributed by atoms with Crippen LogP contribution >= 0.6 is 0 Å². The van der Waals surface area contributed by atoms with Crippen LogP contribution < -0.4 is 4.90 Å². The van der Waals surface area contributed by atoms with Crippen molar-refractivity contribution in [3.8, 4) is 17.3 Å². The lowest BCUT2D eigenvalue weighted by atomic mass is 10.1. The van der Waals surface area contributed by atoms with Crippen LogP contribution in [0.2, 0.25) is 0 Å². The SMILES string of the molecule is O=C(O)C1Cc2ccccc2N1C(=O)CCc1nc(-c2ccc(O)cn2)no1. The summed E-state index contributed by atoms with van der Waals surface area (Å²) in [5, 5.41) is 22.6. The molecule has 1 unspecified atom stereocenters. The summed E-state index contributed by atoms with van der Waals surface area (Å²) in [5.41, 5.74) is 1.89. The number of carbonyl (C=O) groups excluding carboxylic acids is 1. The van der Waals surface area contributed by atoms with Gasteiger partial charge in [0.2, 0.25) is 17.6 Å². The van der Waals surface area contributed by atoms with Gasteiger partial charge in [-0.3, -0.25) is 9.69 Å². The van der Waals surface area contributed by atoms with E-state index in [-0.39, 0.29) is 42.6 Å². The molecule has 0 saturated carbocycles. The smallest absolute Gasteiger partial charge is 0.327 e. The molecular weight excluding hydrogens is 364 g/mol. The predicted octanol–water partition coefficient (Wildman–Crippen LogP) is 1.81. The average molecular weight is 380 g/mol. The van der Waals surface area contributed by atoms with Gasteiger partial charge in [-0.1, -0.05) is 23.4 Å². The summed E-state index contributed by atoms with van der Waals surface area (Å²) in [4.78, 5) is 33.9. The number of pyridine rings is 1. The Kier molecular flexibility index (Phi) is 4.48. The highest BCUT2D eigenvalue weighted by atomic mass is 16.5. The summed E-state index contributed by atoms with van der Waals surface area (Å²) < 4.78 is 5.16. The van der Waals surface area contributed by atoms with E-state index in [1.54, 1.807) is 18.2 Å². The zero-order valence-electron chi connectivity index (χ0n) is 14.6. The van der Waals surface area contributed by atoms with E-state index in [9.17, 15) is 19.8 Å². The molecule has 3 heterocycles. The van der Waals surface area contributed by atoms with Gasteiger partial charge in [-0.25, -0.2) is 9.78 Å². The third-order valence-corrected chi connectivity index (χ3v) is 4.53. The highest BCUT2D eigenvalue weighted by Gasteiger charge is 2.37. The molecule has 1 amide bonds. The number of aromatic nitrogens is 3. The van der Waals surface area contributed by atoms with E-state index in [4.69, 9.17) is 4.52 Å². The van der Waals surface area contributed by atoms with Crippen molar-refractivity contribution in [2.45, 2.75) is 25.3 Å². The van der Waals surface area contributed by atoms with Crippen LogP contribution in [0.4, 0.5) is 5.69 Å². The third-order valence-electron chi connectivity index (χ3n) is 4.53. The number of para-hydroxylation sites is 1. The van der Waals surface area contributed by atoms with Crippen molar-refractivity contribution in [1.82, 2.24) is 15.1 Å². The quantitative estimate of drug-likeness (QED) is 0.685. The minimum atomic E-state index is -1.04. The molecule has 1 aliphatic rings. The Balaban J connectivity index is 1.47. The summed E-state index contributed by atoms with van der Waals surface area (Å²) in [6.07, 6.45) is 1.76. The number of fused-ring (bicyclic) bond motifs is 1. The topological polar surface area (TPSA) is 130 Å². The zero-order chi connectivity index (χ0) is 19.7. The van der Waals surface area contributed by atoms with E-state index in [1.807, 2.05) is 12.1 Å². The van der Waals surface area contributed by atoms with Crippen LogP contribution in [-0.2, 0) is 22.4 Å². The molecule has 2 N–H and O–H groups in total. The Labute approximate surface area is 159 Å². The van der Waals surface area contributed by atoms with Crippen LogP contribution in [0, 0.1) is 0 Å². The van der Waals surface area contributed by atoms with Gasteiger partial charge in [0.1, 0.15) is 17.5 Å². The molecule has 1 aliphatic heterocycles. The summed E-state index contributed by atoms with van der Waals surface area (Å²) in [7, 11) is 0. The number of anilines is 1. The molecule has 0 radical (unpaired) electrons. The fourth-order valence-corrected chi connectivity index (χ4v) is 3.20. The van der Waals surface area contributed by atoms with Crippen molar-refractivity contribution < 1.29 is 24.3 Å². The highest BCUT2D eigenvalue weighted by Crippen LogP contribution is 2.32. The number of amides is 1.